The van der Waals surface area contributed by atoms with Gasteiger partial charge in [0, 0.05) is 56.0 Å². The molecule has 1 aromatic rings. The first kappa shape index (κ1) is 15.1. The lowest BCUT2D eigenvalue weighted by Gasteiger charge is -2.25. The van der Waals surface area contributed by atoms with Crippen LogP contribution >= 0.6 is 11.8 Å². The maximum Gasteiger partial charge on any atom is 0.251 e. The molecule has 2 rings (SSSR count). The Kier molecular flexibility index (Phi) is 6.14. The second kappa shape index (κ2) is 8.11. The Morgan fingerprint density at radius 1 is 1.45 bits per heavy atom. The van der Waals surface area contributed by atoms with Gasteiger partial charge in [-0.25, -0.2) is 4.98 Å². The molecule has 1 amide bonds. The van der Waals surface area contributed by atoms with Gasteiger partial charge in [0.15, 0.2) is 0 Å². The number of anilines is 1. The molecule has 0 radical (unpaired) electrons. The summed E-state index contributed by atoms with van der Waals surface area (Å²) in [6.07, 6.45) is 1.66. The monoisotopic (exact) mass is 294 g/mol. The van der Waals surface area contributed by atoms with Crippen LogP contribution in [0.1, 0.15) is 17.3 Å². The molecule has 0 unspecified atom stereocenters. The average molecular weight is 294 g/mol. The highest BCUT2D eigenvalue weighted by atomic mass is 32.2. The van der Waals surface area contributed by atoms with Crippen LogP contribution in [0.2, 0.25) is 0 Å². The first-order valence-corrected chi connectivity index (χ1v) is 8.23. The largest absolute Gasteiger partial charge is 0.370 e. The normalized spacial score (nSPS) is 15.8. The Hall–Kier alpha value is -1.27. The molecule has 1 aliphatic rings. The summed E-state index contributed by atoms with van der Waals surface area (Å²) in [5.74, 6) is 3.11. The molecular weight excluding hydrogens is 272 g/mol. The summed E-state index contributed by atoms with van der Waals surface area (Å²) in [4.78, 5) is 18.6. The van der Waals surface area contributed by atoms with E-state index in [4.69, 9.17) is 0 Å². The summed E-state index contributed by atoms with van der Waals surface area (Å²) in [6.45, 7) is 6.68. The molecule has 6 heteroatoms. The van der Waals surface area contributed by atoms with E-state index in [0.717, 1.165) is 32.0 Å². The number of amides is 1. The zero-order chi connectivity index (χ0) is 14.2. The predicted molar refractivity (Wildman–Crippen MR) is 84.5 cm³/mol. The van der Waals surface area contributed by atoms with Gasteiger partial charge in [0.2, 0.25) is 0 Å². The molecule has 0 aliphatic carbocycles. The quantitative estimate of drug-likeness (QED) is 0.828. The van der Waals surface area contributed by atoms with Crippen LogP contribution in [-0.2, 0) is 0 Å². The lowest BCUT2D eigenvalue weighted by molar-refractivity contribution is 0.0949. The van der Waals surface area contributed by atoms with E-state index in [2.05, 4.69) is 20.5 Å². The average Bonchev–Trinajstić information content (AvgIpc) is 2.49. The third kappa shape index (κ3) is 4.68. The summed E-state index contributed by atoms with van der Waals surface area (Å²) < 4.78 is 0. The highest BCUT2D eigenvalue weighted by Gasteiger charge is 2.11. The third-order valence-electron chi connectivity index (χ3n) is 3.20. The van der Waals surface area contributed by atoms with E-state index in [1.807, 2.05) is 18.7 Å². The van der Waals surface area contributed by atoms with Crippen molar-refractivity contribution >= 4 is 23.5 Å². The lowest BCUT2D eigenvalue weighted by atomic mass is 10.2. The maximum absolute atomic E-state index is 12.1. The van der Waals surface area contributed by atoms with Crippen molar-refractivity contribution in [3.8, 4) is 0 Å². The van der Waals surface area contributed by atoms with Crippen molar-refractivity contribution in [2.24, 2.45) is 0 Å². The Balaban J connectivity index is 1.77. The molecule has 5 nitrogen and oxygen atoms in total. The van der Waals surface area contributed by atoms with Gasteiger partial charge in [0.1, 0.15) is 5.82 Å². The van der Waals surface area contributed by atoms with Crippen LogP contribution in [-0.4, -0.2) is 60.0 Å². The van der Waals surface area contributed by atoms with E-state index >= 15 is 0 Å². The zero-order valence-corrected chi connectivity index (χ0v) is 12.7. The summed E-state index contributed by atoms with van der Waals surface area (Å²) in [7, 11) is 0. The van der Waals surface area contributed by atoms with Crippen molar-refractivity contribution in [2.75, 3.05) is 49.5 Å². The van der Waals surface area contributed by atoms with Gasteiger partial charge in [-0.2, -0.15) is 11.8 Å². The van der Waals surface area contributed by atoms with E-state index in [1.54, 1.807) is 18.3 Å². The molecule has 0 spiro atoms. The van der Waals surface area contributed by atoms with Gasteiger partial charge in [-0.1, -0.05) is 0 Å². The predicted octanol–water partition coefficient (Wildman–Crippen LogP) is 1.29. The second-order valence-electron chi connectivity index (χ2n) is 4.67. The molecule has 0 bridgehead atoms. The van der Waals surface area contributed by atoms with E-state index in [9.17, 15) is 4.79 Å². The van der Waals surface area contributed by atoms with Crippen molar-refractivity contribution in [3.05, 3.63) is 23.9 Å². The van der Waals surface area contributed by atoms with Gasteiger partial charge < -0.3 is 10.6 Å². The van der Waals surface area contributed by atoms with Gasteiger partial charge in [-0.15, -0.1) is 0 Å². The van der Waals surface area contributed by atoms with Crippen LogP contribution in [0, 0.1) is 0 Å². The fourth-order valence-corrected chi connectivity index (χ4v) is 3.08. The Labute approximate surface area is 124 Å². The van der Waals surface area contributed by atoms with E-state index in [0.29, 0.717) is 12.1 Å². The van der Waals surface area contributed by atoms with Gasteiger partial charge in [-0.05, 0) is 19.1 Å². The summed E-state index contributed by atoms with van der Waals surface area (Å²) in [5.41, 5.74) is 0.658. The van der Waals surface area contributed by atoms with Crippen LogP contribution in [0.3, 0.4) is 0 Å². The first-order valence-electron chi connectivity index (χ1n) is 7.08. The SMILES string of the molecule is CCNc1cc(C(=O)NCCN2CCSCC2)ccn1. The molecule has 1 aromatic heterocycles. The third-order valence-corrected chi connectivity index (χ3v) is 4.14. The Morgan fingerprint density at radius 3 is 3.00 bits per heavy atom. The summed E-state index contributed by atoms with van der Waals surface area (Å²) in [6, 6.07) is 3.53. The number of carbonyl (C=O) groups is 1. The van der Waals surface area contributed by atoms with Gasteiger partial charge in [0.05, 0.1) is 0 Å². The highest BCUT2D eigenvalue weighted by Crippen LogP contribution is 2.08. The summed E-state index contributed by atoms with van der Waals surface area (Å²) >= 11 is 2.00. The van der Waals surface area contributed by atoms with E-state index in [1.165, 1.54) is 11.5 Å². The van der Waals surface area contributed by atoms with E-state index < -0.39 is 0 Å². The van der Waals surface area contributed by atoms with Crippen molar-refractivity contribution in [1.82, 2.24) is 15.2 Å². The number of aromatic nitrogens is 1. The topological polar surface area (TPSA) is 57.3 Å². The molecule has 2 heterocycles. The minimum absolute atomic E-state index is 0.0297. The van der Waals surface area contributed by atoms with E-state index in [-0.39, 0.29) is 5.91 Å². The minimum Gasteiger partial charge on any atom is -0.370 e. The Bertz CT molecular complexity index is 435. The Morgan fingerprint density at radius 2 is 2.25 bits per heavy atom. The molecule has 1 saturated heterocycles. The van der Waals surface area contributed by atoms with Crippen molar-refractivity contribution < 1.29 is 4.79 Å². The fourth-order valence-electron chi connectivity index (χ4n) is 2.10. The molecule has 2 N–H and O–H groups in total. The molecular formula is C14H22N4OS. The fraction of sp³-hybridized carbons (Fsp3) is 0.571. The van der Waals surface area contributed by atoms with Gasteiger partial charge in [0.25, 0.3) is 5.91 Å². The van der Waals surface area contributed by atoms with Gasteiger partial charge >= 0.3 is 0 Å². The summed E-state index contributed by atoms with van der Waals surface area (Å²) in [5, 5.41) is 6.08. The van der Waals surface area contributed by atoms with Crippen LogP contribution in [0.5, 0.6) is 0 Å². The van der Waals surface area contributed by atoms with Crippen molar-refractivity contribution in [2.45, 2.75) is 6.92 Å². The molecule has 110 valence electrons. The first-order chi connectivity index (χ1) is 9.79. The second-order valence-corrected chi connectivity index (χ2v) is 5.89. The maximum atomic E-state index is 12.1. The van der Waals surface area contributed by atoms with Crippen molar-refractivity contribution in [1.29, 1.82) is 0 Å². The number of thioether (sulfide) groups is 1. The van der Waals surface area contributed by atoms with Crippen LogP contribution in [0.4, 0.5) is 5.82 Å². The number of hydrogen-bond donors (Lipinski definition) is 2. The number of hydrogen-bond acceptors (Lipinski definition) is 5. The molecule has 1 fully saturated rings. The molecule has 0 aromatic carbocycles. The minimum atomic E-state index is -0.0297. The highest BCUT2D eigenvalue weighted by molar-refractivity contribution is 7.99. The van der Waals surface area contributed by atoms with Crippen LogP contribution < -0.4 is 10.6 Å². The number of pyridine rings is 1. The number of carbonyl (C=O) groups excluding carboxylic acids is 1. The van der Waals surface area contributed by atoms with Crippen LogP contribution in [0.15, 0.2) is 18.3 Å². The smallest absolute Gasteiger partial charge is 0.251 e. The van der Waals surface area contributed by atoms with Crippen LogP contribution in [0.25, 0.3) is 0 Å². The van der Waals surface area contributed by atoms with Gasteiger partial charge in [-0.3, -0.25) is 9.69 Å². The zero-order valence-electron chi connectivity index (χ0n) is 11.9. The number of rotatable bonds is 6. The molecule has 0 saturated carbocycles. The number of nitrogens with zero attached hydrogens (tertiary/aromatic N) is 2. The number of nitrogens with one attached hydrogen (secondary N) is 2. The molecule has 1 aliphatic heterocycles. The standard InChI is InChI=1S/C14H22N4OS/c1-2-15-13-11-12(3-4-16-13)14(19)17-5-6-18-7-9-20-10-8-18/h3-4,11H,2,5-10H2,1H3,(H,15,16)(H,17,19). The molecule has 0 atom stereocenters. The lowest BCUT2D eigenvalue weighted by Crippen LogP contribution is -2.39. The molecule has 20 heavy (non-hydrogen) atoms. The van der Waals surface area contributed by atoms with Crippen molar-refractivity contribution in [3.63, 3.8) is 0 Å².